The molecule has 2 rings (SSSR count). The van der Waals surface area contributed by atoms with Crippen LogP contribution in [0.25, 0.3) is 0 Å². The molecular weight excluding hydrogens is 222 g/mol. The monoisotopic (exact) mass is 245 g/mol. The van der Waals surface area contributed by atoms with E-state index in [1.165, 1.54) is 12.0 Å². The lowest BCUT2D eigenvalue weighted by molar-refractivity contribution is -0.132. The topological polar surface area (TPSA) is 20.3 Å². The smallest absolute Gasteiger partial charge is 0.226 e. The molecule has 98 valence electrons. The summed E-state index contributed by atoms with van der Waals surface area (Å²) in [6, 6.07) is 8.43. The SMILES string of the molecule is CCc1ccc(CC(=O)N2CCCC(C)C2)cc1. The first kappa shape index (κ1) is 13.1. The molecule has 0 radical (unpaired) electrons. The third-order valence-corrected chi connectivity index (χ3v) is 3.80. The summed E-state index contributed by atoms with van der Waals surface area (Å²) in [6.07, 6.45) is 4.02. The summed E-state index contributed by atoms with van der Waals surface area (Å²) in [6.45, 7) is 6.26. The number of hydrogen-bond acceptors (Lipinski definition) is 1. The van der Waals surface area contributed by atoms with E-state index in [9.17, 15) is 4.79 Å². The highest BCUT2D eigenvalue weighted by atomic mass is 16.2. The Morgan fingerprint density at radius 1 is 1.28 bits per heavy atom. The average Bonchev–Trinajstić information content (AvgIpc) is 2.39. The maximum absolute atomic E-state index is 12.2. The van der Waals surface area contributed by atoms with Crippen LogP contribution in [-0.4, -0.2) is 23.9 Å². The standard InChI is InChI=1S/C16H23NO/c1-3-14-6-8-15(9-7-14)11-16(18)17-10-4-5-13(2)12-17/h6-9,13H,3-5,10-12H2,1-2H3. The number of hydrogen-bond donors (Lipinski definition) is 0. The Labute approximate surface area is 110 Å². The maximum Gasteiger partial charge on any atom is 0.226 e. The Morgan fingerprint density at radius 3 is 2.56 bits per heavy atom. The average molecular weight is 245 g/mol. The Morgan fingerprint density at radius 2 is 1.94 bits per heavy atom. The first-order valence-corrected chi connectivity index (χ1v) is 7.04. The molecule has 1 aromatic rings. The number of carbonyl (C=O) groups is 1. The first-order valence-electron chi connectivity index (χ1n) is 7.04. The number of piperidine rings is 1. The second-order valence-corrected chi connectivity index (χ2v) is 5.43. The van der Waals surface area contributed by atoms with Crippen LogP contribution in [-0.2, 0) is 17.6 Å². The number of carbonyl (C=O) groups excluding carboxylic acids is 1. The minimum atomic E-state index is 0.283. The molecule has 18 heavy (non-hydrogen) atoms. The third kappa shape index (κ3) is 3.34. The second kappa shape index (κ2) is 6.03. The molecule has 1 aromatic carbocycles. The molecule has 1 unspecified atom stereocenters. The molecule has 1 heterocycles. The van der Waals surface area contributed by atoms with Gasteiger partial charge in [0.25, 0.3) is 0 Å². The van der Waals surface area contributed by atoms with Crippen molar-refractivity contribution in [1.82, 2.24) is 4.90 Å². The summed E-state index contributed by atoms with van der Waals surface area (Å²) in [5.74, 6) is 0.941. The van der Waals surface area contributed by atoms with Crippen molar-refractivity contribution in [3.8, 4) is 0 Å². The molecule has 0 N–H and O–H groups in total. The van der Waals surface area contributed by atoms with Crippen molar-refractivity contribution in [3.05, 3.63) is 35.4 Å². The van der Waals surface area contributed by atoms with Crippen LogP contribution in [0.15, 0.2) is 24.3 Å². The number of nitrogens with zero attached hydrogens (tertiary/aromatic N) is 1. The summed E-state index contributed by atoms with van der Waals surface area (Å²) in [4.78, 5) is 14.2. The van der Waals surface area contributed by atoms with Crippen LogP contribution >= 0.6 is 0 Å². The summed E-state index contributed by atoms with van der Waals surface area (Å²) in [5.41, 5.74) is 2.47. The first-order chi connectivity index (χ1) is 8.69. The van der Waals surface area contributed by atoms with Crippen molar-refractivity contribution in [1.29, 1.82) is 0 Å². The summed E-state index contributed by atoms with van der Waals surface area (Å²) in [7, 11) is 0. The van der Waals surface area contributed by atoms with E-state index >= 15 is 0 Å². The van der Waals surface area contributed by atoms with Crippen molar-refractivity contribution in [2.24, 2.45) is 5.92 Å². The summed E-state index contributed by atoms with van der Waals surface area (Å²) < 4.78 is 0. The molecule has 1 aliphatic rings. The largest absolute Gasteiger partial charge is 0.342 e. The quantitative estimate of drug-likeness (QED) is 0.801. The van der Waals surface area contributed by atoms with Gasteiger partial charge < -0.3 is 4.90 Å². The van der Waals surface area contributed by atoms with Crippen LogP contribution in [0.5, 0.6) is 0 Å². The maximum atomic E-state index is 12.2. The molecular formula is C16H23NO. The van der Waals surface area contributed by atoms with Gasteiger partial charge in [-0.2, -0.15) is 0 Å². The van der Waals surface area contributed by atoms with Crippen LogP contribution in [0.4, 0.5) is 0 Å². The van der Waals surface area contributed by atoms with Crippen molar-refractivity contribution < 1.29 is 4.79 Å². The van der Waals surface area contributed by atoms with E-state index in [0.29, 0.717) is 12.3 Å². The van der Waals surface area contributed by atoms with Gasteiger partial charge in [-0.1, -0.05) is 38.1 Å². The zero-order valence-corrected chi connectivity index (χ0v) is 11.5. The number of likely N-dealkylation sites (tertiary alicyclic amines) is 1. The van der Waals surface area contributed by atoms with E-state index in [2.05, 4.69) is 38.1 Å². The van der Waals surface area contributed by atoms with Gasteiger partial charge in [0.2, 0.25) is 5.91 Å². The van der Waals surface area contributed by atoms with E-state index in [-0.39, 0.29) is 5.91 Å². The fourth-order valence-corrected chi connectivity index (χ4v) is 2.60. The van der Waals surface area contributed by atoms with Crippen molar-refractivity contribution in [3.63, 3.8) is 0 Å². The van der Waals surface area contributed by atoms with Gasteiger partial charge in [-0.3, -0.25) is 4.79 Å². The van der Waals surface area contributed by atoms with E-state index < -0.39 is 0 Å². The van der Waals surface area contributed by atoms with Crippen LogP contribution in [0.1, 0.15) is 37.8 Å². The van der Waals surface area contributed by atoms with E-state index in [4.69, 9.17) is 0 Å². The number of aryl methyl sites for hydroxylation is 1. The van der Waals surface area contributed by atoms with E-state index in [1.807, 2.05) is 4.90 Å². The molecule has 2 nitrogen and oxygen atoms in total. The fraction of sp³-hybridized carbons (Fsp3) is 0.562. The Kier molecular flexibility index (Phi) is 4.40. The highest BCUT2D eigenvalue weighted by Crippen LogP contribution is 2.16. The van der Waals surface area contributed by atoms with Crippen molar-refractivity contribution >= 4 is 5.91 Å². The fourth-order valence-electron chi connectivity index (χ4n) is 2.60. The highest BCUT2D eigenvalue weighted by Gasteiger charge is 2.20. The highest BCUT2D eigenvalue weighted by molar-refractivity contribution is 5.78. The van der Waals surface area contributed by atoms with Gasteiger partial charge in [0.15, 0.2) is 0 Å². The molecule has 1 atom stereocenters. The zero-order chi connectivity index (χ0) is 13.0. The summed E-state index contributed by atoms with van der Waals surface area (Å²) >= 11 is 0. The predicted molar refractivity (Wildman–Crippen MR) is 74.5 cm³/mol. The molecule has 0 aromatic heterocycles. The minimum Gasteiger partial charge on any atom is -0.342 e. The van der Waals surface area contributed by atoms with Gasteiger partial charge in [-0.25, -0.2) is 0 Å². The van der Waals surface area contributed by atoms with Crippen molar-refractivity contribution in [2.75, 3.05) is 13.1 Å². The van der Waals surface area contributed by atoms with Crippen LogP contribution in [0.3, 0.4) is 0 Å². The van der Waals surface area contributed by atoms with Gasteiger partial charge in [-0.05, 0) is 36.3 Å². The lowest BCUT2D eigenvalue weighted by Gasteiger charge is -2.31. The number of benzene rings is 1. The molecule has 1 saturated heterocycles. The Hall–Kier alpha value is -1.31. The third-order valence-electron chi connectivity index (χ3n) is 3.80. The van der Waals surface area contributed by atoms with Gasteiger partial charge in [0.1, 0.15) is 0 Å². The normalized spacial score (nSPS) is 19.9. The molecule has 2 heteroatoms. The molecule has 0 bridgehead atoms. The van der Waals surface area contributed by atoms with Crippen LogP contribution in [0, 0.1) is 5.92 Å². The van der Waals surface area contributed by atoms with Crippen molar-refractivity contribution in [2.45, 2.75) is 39.5 Å². The minimum absolute atomic E-state index is 0.283. The molecule has 1 aliphatic heterocycles. The predicted octanol–water partition coefficient (Wildman–Crippen LogP) is 3.05. The molecule has 1 fully saturated rings. The van der Waals surface area contributed by atoms with Gasteiger partial charge in [0.05, 0.1) is 6.42 Å². The molecule has 0 spiro atoms. The van der Waals surface area contributed by atoms with Gasteiger partial charge in [0, 0.05) is 13.1 Å². The van der Waals surface area contributed by atoms with E-state index in [0.717, 1.165) is 31.5 Å². The van der Waals surface area contributed by atoms with E-state index in [1.54, 1.807) is 0 Å². The van der Waals surface area contributed by atoms with Crippen LogP contribution < -0.4 is 0 Å². The molecule has 1 amide bonds. The second-order valence-electron chi connectivity index (χ2n) is 5.43. The Bertz CT molecular complexity index is 396. The number of amides is 1. The lowest BCUT2D eigenvalue weighted by atomic mass is 9.99. The van der Waals surface area contributed by atoms with Gasteiger partial charge in [-0.15, -0.1) is 0 Å². The zero-order valence-electron chi connectivity index (χ0n) is 11.5. The summed E-state index contributed by atoms with van der Waals surface area (Å²) in [5, 5.41) is 0. The Balaban J connectivity index is 1.93. The van der Waals surface area contributed by atoms with Gasteiger partial charge >= 0.3 is 0 Å². The molecule has 0 saturated carbocycles. The lowest BCUT2D eigenvalue weighted by Crippen LogP contribution is -2.39. The molecule has 0 aliphatic carbocycles. The number of rotatable bonds is 3. The van der Waals surface area contributed by atoms with Crippen LogP contribution in [0.2, 0.25) is 0 Å².